The van der Waals surface area contributed by atoms with Crippen molar-refractivity contribution in [3.8, 4) is 44.5 Å². The van der Waals surface area contributed by atoms with Crippen molar-refractivity contribution >= 4 is 88.4 Å². The van der Waals surface area contributed by atoms with Crippen LogP contribution in [0.5, 0.6) is 0 Å². The third-order valence-electron chi connectivity index (χ3n) is 14.4. The van der Waals surface area contributed by atoms with Gasteiger partial charge in [0.15, 0.2) is 69.8 Å². The number of halogens is 16. The molecule has 495 valence electrons. The van der Waals surface area contributed by atoms with Gasteiger partial charge in [0.25, 0.3) is 0 Å². The summed E-state index contributed by atoms with van der Waals surface area (Å²) in [6.45, 7) is 4.12. The summed E-state index contributed by atoms with van der Waals surface area (Å²) < 4.78 is 318. The van der Waals surface area contributed by atoms with E-state index in [9.17, 15) is 84.9 Å². The first-order valence-electron chi connectivity index (χ1n) is 26.4. The van der Waals surface area contributed by atoms with Crippen LogP contribution in [0.4, 0.5) is 70.2 Å². The van der Waals surface area contributed by atoms with Crippen molar-refractivity contribution in [2.45, 2.75) is 54.7 Å². The van der Waals surface area contributed by atoms with Crippen LogP contribution in [-0.4, -0.2) is 69.0 Å². The molecule has 5 aromatic heterocycles. The predicted octanol–water partition coefficient (Wildman–Crippen LogP) is 13.1. The first kappa shape index (κ1) is 70.0. The van der Waals surface area contributed by atoms with Crippen LogP contribution in [-0.2, 0) is 42.1 Å². The molecule has 0 fully saturated rings. The Morgan fingerprint density at radius 1 is 0.526 bits per heavy atom. The summed E-state index contributed by atoms with van der Waals surface area (Å²) in [6.07, 6.45) is 1.70. The third-order valence-corrected chi connectivity index (χ3v) is 16.1. The van der Waals surface area contributed by atoms with Gasteiger partial charge in [-0.1, -0.05) is 60.7 Å². The van der Waals surface area contributed by atoms with Crippen LogP contribution in [0.25, 0.3) is 107 Å². The number of rotatable bonds is 13. The Balaban J connectivity index is 0.000000287. The number of carboxylic acid groups (broad SMARTS) is 1. The van der Waals surface area contributed by atoms with Crippen LogP contribution in [0.1, 0.15) is 49.8 Å². The van der Waals surface area contributed by atoms with Gasteiger partial charge in [0.2, 0.25) is 17.5 Å². The Morgan fingerprint density at radius 3 is 1.40 bits per heavy atom. The minimum Gasteiger partial charge on any atom is -0.744 e. The Bertz CT molecular complexity index is 5220. The molecule has 10 aromatic rings. The minimum atomic E-state index is -6.24. The van der Waals surface area contributed by atoms with Gasteiger partial charge in [0.05, 0.1) is 46.7 Å². The molecule has 1 radical (unpaired) electrons. The molecule has 0 spiro atoms. The monoisotopic (exact) mass is 1420 g/mol. The Hall–Kier alpha value is -9.28. The van der Waals surface area contributed by atoms with Crippen molar-refractivity contribution in [3.05, 3.63) is 189 Å². The maximum Gasteiger partial charge on any atom is 3.00 e. The van der Waals surface area contributed by atoms with Crippen LogP contribution in [0, 0.1) is 93.1 Å². The molecule has 11 rings (SSSR count). The molecule has 15 nitrogen and oxygen atoms in total. The average Bonchev–Trinajstić information content (AvgIpc) is 1.66. The maximum atomic E-state index is 15.7. The standard InChI is InChI=1S/C37H8F15N4O6S2.C24H26FNO4.Fe/c38-21-18(22(39)28(45)33(50)27(21)44)15-7-1-2-9(53-7)16(19-23(40)29(46)34(51)30(47)24(19)41)11-5-13(63(57,58)59)36(55-11)12-6-14(64(60,61)62)37(56-12)17(10-4-3-8(15)54-10)20-25(42)31(48)35(52)32(49)26(20)43;1-15(2)26-21-6-4-3-5-20(21)24(16-7-9-17(25)10-8-16)22(26)12-11-18(27)13-19(28)14-23(29)30;/h1-6H,(H,57,58,59)(H,60,61,62);3-12,15,18-19,27-28H,13-14H2,1-2H3,(H,29,30);/q-3;;+3/p-2/b;12-11+;/t;18-,19-;/m.0./s1. The number of aromatic nitrogens is 5. The zero-order valence-corrected chi connectivity index (χ0v) is 49.8. The molecule has 3 N–H and O–H groups in total. The molecule has 6 heterocycles. The van der Waals surface area contributed by atoms with E-state index in [0.717, 1.165) is 27.7 Å². The molecule has 2 atom stereocenters. The number of carboxylic acids is 1. The van der Waals surface area contributed by atoms with Gasteiger partial charge in [-0.2, -0.15) is 0 Å². The molecule has 0 aliphatic carbocycles. The molecule has 1 aliphatic heterocycles. The summed E-state index contributed by atoms with van der Waals surface area (Å²) in [5.41, 5.74) is -18.2. The van der Waals surface area contributed by atoms with Crippen LogP contribution in [0.2, 0.25) is 0 Å². The van der Waals surface area contributed by atoms with Gasteiger partial charge in [0.1, 0.15) is 26.1 Å². The molecular formula is C61H32F16FeN5O10S2-2. The van der Waals surface area contributed by atoms with Crippen molar-refractivity contribution in [2.75, 3.05) is 0 Å². The average molecular weight is 1420 g/mol. The van der Waals surface area contributed by atoms with Crippen molar-refractivity contribution in [1.29, 1.82) is 0 Å². The fourth-order valence-electron chi connectivity index (χ4n) is 10.5. The molecule has 95 heavy (non-hydrogen) atoms. The molecule has 0 amide bonds. The number of aliphatic carboxylic acids is 1. The van der Waals surface area contributed by atoms with E-state index < -0.39 is 220 Å². The smallest absolute Gasteiger partial charge is 0.744 e. The van der Waals surface area contributed by atoms with Crippen molar-refractivity contribution in [2.24, 2.45) is 0 Å². The number of para-hydroxylation sites is 1. The molecule has 1 aliphatic rings. The molecule has 5 aromatic carbocycles. The van der Waals surface area contributed by atoms with E-state index >= 15 is 26.3 Å². The van der Waals surface area contributed by atoms with Crippen LogP contribution in [0.15, 0.2) is 88.7 Å². The second kappa shape index (κ2) is 26.1. The topological polar surface area (TPSA) is 252 Å². The minimum absolute atomic E-state index is 0. The Labute approximate surface area is 532 Å². The summed E-state index contributed by atoms with van der Waals surface area (Å²) in [7, 11) is -12.4. The number of aliphatic hydroxyl groups excluding tert-OH is 2. The molecule has 0 saturated carbocycles. The van der Waals surface area contributed by atoms with Gasteiger partial charge in [-0.15, -0.1) is 33.1 Å². The number of hydrogen-bond acceptors (Lipinski definition) is 10. The second-order valence-electron chi connectivity index (χ2n) is 20.7. The summed E-state index contributed by atoms with van der Waals surface area (Å²) in [5, 5.41) is 29.9. The van der Waals surface area contributed by atoms with Gasteiger partial charge in [-0.3, -0.25) is 4.79 Å². The normalized spacial score (nSPS) is 12.9. The first-order valence-corrected chi connectivity index (χ1v) is 29.2. The second-order valence-corrected chi connectivity index (χ2v) is 23.4. The summed E-state index contributed by atoms with van der Waals surface area (Å²) in [4.78, 5) is 21.8. The van der Waals surface area contributed by atoms with E-state index in [1.54, 1.807) is 24.3 Å². The molecule has 8 bridgehead atoms. The van der Waals surface area contributed by atoms with Gasteiger partial charge < -0.3 is 43.9 Å². The zero-order chi connectivity index (χ0) is 68.8. The number of fused-ring (bicyclic) bond motifs is 10. The fraction of sp³-hybridized carbons (Fsp3) is 0.115. The molecule has 0 saturated heterocycles. The zero-order valence-electron chi connectivity index (χ0n) is 47.0. The molecule has 34 heteroatoms. The quantitative estimate of drug-likeness (QED) is 0.0319. The van der Waals surface area contributed by atoms with E-state index in [4.69, 9.17) is 5.11 Å². The third kappa shape index (κ3) is 12.6. The fourth-order valence-corrected chi connectivity index (χ4v) is 11.7. The van der Waals surface area contributed by atoms with Gasteiger partial charge in [-0.05, 0) is 72.5 Å². The summed E-state index contributed by atoms with van der Waals surface area (Å²) in [6, 6.07) is 15.2. The van der Waals surface area contributed by atoms with Gasteiger partial charge in [0, 0.05) is 44.4 Å². The van der Waals surface area contributed by atoms with E-state index in [0.29, 0.717) is 24.3 Å². The number of hydrogen-bond donors (Lipinski definition) is 3. The van der Waals surface area contributed by atoms with Crippen molar-refractivity contribution in [1.82, 2.24) is 24.5 Å². The first-order chi connectivity index (χ1) is 44.0. The molecular weight excluding hydrogens is 1390 g/mol. The van der Waals surface area contributed by atoms with Crippen molar-refractivity contribution in [3.63, 3.8) is 0 Å². The van der Waals surface area contributed by atoms with E-state index in [2.05, 4.69) is 38.4 Å². The number of carbonyl (C=O) groups is 1. The van der Waals surface area contributed by atoms with E-state index in [1.165, 1.54) is 12.1 Å². The number of aliphatic hydroxyl groups is 2. The van der Waals surface area contributed by atoms with Crippen LogP contribution in [0.3, 0.4) is 0 Å². The predicted molar refractivity (Wildman–Crippen MR) is 299 cm³/mol. The van der Waals surface area contributed by atoms with Crippen LogP contribution >= 0.6 is 0 Å². The van der Waals surface area contributed by atoms with Gasteiger partial charge in [-0.25, -0.2) is 92.1 Å². The van der Waals surface area contributed by atoms with Crippen LogP contribution < -0.4 is 15.0 Å². The maximum absolute atomic E-state index is 15.7. The summed E-state index contributed by atoms with van der Waals surface area (Å²) >= 11 is 0. The Morgan fingerprint density at radius 2 is 0.937 bits per heavy atom. The largest absolute Gasteiger partial charge is 3.00 e. The Kier molecular flexibility index (Phi) is 19.3. The number of benzene rings is 5. The van der Waals surface area contributed by atoms with Gasteiger partial charge >= 0.3 is 23.0 Å². The van der Waals surface area contributed by atoms with E-state index in [-0.39, 0.29) is 47.5 Å². The van der Waals surface area contributed by atoms with Crippen molar-refractivity contribution < 1.29 is 133 Å². The summed E-state index contributed by atoms with van der Waals surface area (Å²) in [5.74, 6) is -42.7. The molecule has 0 unspecified atom stereocenters. The number of nitrogens with zero attached hydrogens (tertiary/aromatic N) is 5. The van der Waals surface area contributed by atoms with E-state index in [1.807, 2.05) is 24.3 Å². The SMILES string of the molecule is CC(C)n1c(/C=C/[C@H](O)C[C@H](O)CC(=O)O)c(-c2ccc(F)cc2)c2ccccc21.O=S(=O)([O-])c1cc2[n-]c1c(-c1c(F)c(F)c(F)c(F)c1F)c1ccc([n-]1)c(-c1c(F)c(F)c(F)c(F)c1F)c1nc(c(-c3c(F)c(F)c(F)c(F)c3F)c3cc(S(=O)(=O)[O-])c2[n-]3)C=C1.[Fe+3].